The predicted molar refractivity (Wildman–Crippen MR) is 67.8 cm³/mol. The van der Waals surface area contributed by atoms with Crippen molar-refractivity contribution in [1.82, 2.24) is 15.0 Å². The van der Waals surface area contributed by atoms with Crippen LogP contribution in [0.1, 0.15) is 0 Å². The summed E-state index contributed by atoms with van der Waals surface area (Å²) in [5, 5.41) is 1.64. The van der Waals surface area contributed by atoms with Crippen LogP contribution in [0, 0.1) is 0 Å². The molecule has 0 aliphatic rings. The second-order valence-electron chi connectivity index (χ2n) is 3.63. The molecule has 0 N–H and O–H groups in total. The molecule has 0 saturated carbocycles. The van der Waals surface area contributed by atoms with Crippen LogP contribution in [-0.2, 0) is 0 Å². The lowest BCUT2D eigenvalue weighted by Gasteiger charge is -2.03. The van der Waals surface area contributed by atoms with Crippen molar-refractivity contribution in [2.75, 3.05) is 0 Å². The van der Waals surface area contributed by atoms with E-state index < -0.39 is 0 Å². The molecular weight excluding hydrogens is 234 g/mol. The summed E-state index contributed by atoms with van der Waals surface area (Å²) in [4.78, 5) is 12.4. The van der Waals surface area contributed by atoms with Gasteiger partial charge in [-0.25, -0.2) is 9.97 Å². The fourth-order valence-electron chi connectivity index (χ4n) is 1.74. The van der Waals surface area contributed by atoms with Crippen molar-refractivity contribution in [2.24, 2.45) is 0 Å². The number of hydrogen-bond acceptors (Lipinski definition) is 3. The van der Waals surface area contributed by atoms with Gasteiger partial charge < -0.3 is 0 Å². The van der Waals surface area contributed by atoms with Gasteiger partial charge in [0.2, 0.25) is 0 Å². The average Bonchev–Trinajstić information content (AvgIpc) is 2.39. The van der Waals surface area contributed by atoms with Crippen molar-refractivity contribution in [3.05, 3.63) is 54.1 Å². The summed E-state index contributed by atoms with van der Waals surface area (Å²) >= 11 is 6.06. The van der Waals surface area contributed by atoms with E-state index in [9.17, 15) is 0 Å². The minimum atomic E-state index is 0.544. The van der Waals surface area contributed by atoms with Gasteiger partial charge >= 0.3 is 0 Å². The zero-order chi connectivity index (χ0) is 11.7. The zero-order valence-electron chi connectivity index (χ0n) is 8.84. The van der Waals surface area contributed by atoms with Gasteiger partial charge in [0, 0.05) is 23.3 Å². The normalized spacial score (nSPS) is 10.6. The molecule has 1 aromatic carbocycles. The highest BCUT2D eigenvalue weighted by Crippen LogP contribution is 2.26. The van der Waals surface area contributed by atoms with Crippen molar-refractivity contribution in [3.8, 4) is 11.3 Å². The molecule has 0 bridgehead atoms. The van der Waals surface area contributed by atoms with Gasteiger partial charge in [0.1, 0.15) is 6.33 Å². The summed E-state index contributed by atoms with van der Waals surface area (Å²) in [6.07, 6.45) is 4.85. The third-order valence-corrected chi connectivity index (χ3v) is 2.82. The topological polar surface area (TPSA) is 38.7 Å². The molecule has 0 spiro atoms. The van der Waals surface area contributed by atoms with E-state index in [2.05, 4.69) is 15.0 Å². The van der Waals surface area contributed by atoms with Crippen LogP contribution in [0.3, 0.4) is 0 Å². The second-order valence-corrected chi connectivity index (χ2v) is 4.04. The first-order valence-corrected chi connectivity index (χ1v) is 5.53. The zero-order valence-corrected chi connectivity index (χ0v) is 9.59. The van der Waals surface area contributed by atoms with Gasteiger partial charge in [-0.2, -0.15) is 0 Å². The first-order chi connectivity index (χ1) is 8.34. The molecular formula is C13H8ClN3. The summed E-state index contributed by atoms with van der Waals surface area (Å²) in [7, 11) is 0. The largest absolute Gasteiger partial charge is 0.256 e. The van der Waals surface area contributed by atoms with Crippen LogP contribution in [0.4, 0.5) is 0 Å². The van der Waals surface area contributed by atoms with Crippen molar-refractivity contribution in [1.29, 1.82) is 0 Å². The number of hydrogen-bond donors (Lipinski definition) is 0. The van der Waals surface area contributed by atoms with E-state index >= 15 is 0 Å². The van der Waals surface area contributed by atoms with E-state index in [1.165, 1.54) is 6.33 Å². The number of benzene rings is 1. The lowest BCUT2D eigenvalue weighted by atomic mass is 10.1. The summed E-state index contributed by atoms with van der Waals surface area (Å²) < 4.78 is 0. The molecule has 0 aliphatic heterocycles. The fourth-order valence-corrected chi connectivity index (χ4v) is 1.95. The highest BCUT2D eigenvalue weighted by Gasteiger charge is 2.05. The van der Waals surface area contributed by atoms with Gasteiger partial charge in [0.15, 0.2) is 0 Å². The van der Waals surface area contributed by atoms with Crippen molar-refractivity contribution < 1.29 is 0 Å². The quantitative estimate of drug-likeness (QED) is 0.656. The number of pyridine rings is 1. The maximum absolute atomic E-state index is 6.06. The van der Waals surface area contributed by atoms with Crippen LogP contribution in [0.25, 0.3) is 22.2 Å². The molecule has 0 aliphatic carbocycles. The number of nitrogens with zero attached hydrogens (tertiary/aromatic N) is 3. The maximum Gasteiger partial charge on any atom is 0.116 e. The first-order valence-electron chi connectivity index (χ1n) is 5.15. The number of aromatic nitrogens is 3. The fraction of sp³-hybridized carbons (Fsp3) is 0. The molecule has 17 heavy (non-hydrogen) atoms. The Bertz CT molecular complexity index is 682. The van der Waals surface area contributed by atoms with Gasteiger partial charge in [-0.05, 0) is 12.1 Å². The van der Waals surface area contributed by atoms with Gasteiger partial charge in [-0.15, -0.1) is 0 Å². The third kappa shape index (κ3) is 1.85. The Morgan fingerprint density at radius 1 is 1.06 bits per heavy atom. The monoisotopic (exact) mass is 241 g/mol. The summed E-state index contributed by atoms with van der Waals surface area (Å²) in [6, 6.07) is 9.91. The number of halogens is 1. The Kier molecular flexibility index (Phi) is 2.46. The minimum absolute atomic E-state index is 0.544. The van der Waals surface area contributed by atoms with E-state index in [4.69, 9.17) is 11.6 Å². The Morgan fingerprint density at radius 3 is 2.88 bits per heavy atom. The summed E-state index contributed by atoms with van der Waals surface area (Å²) in [5.41, 5.74) is 2.61. The van der Waals surface area contributed by atoms with Crippen molar-refractivity contribution in [3.63, 3.8) is 0 Å². The highest BCUT2D eigenvalue weighted by molar-refractivity contribution is 6.32. The van der Waals surface area contributed by atoms with E-state index in [1.807, 2.05) is 30.3 Å². The molecule has 3 nitrogen and oxygen atoms in total. The molecule has 0 atom stereocenters. The van der Waals surface area contributed by atoms with Gasteiger partial charge in [-0.3, -0.25) is 4.98 Å². The molecule has 0 saturated heterocycles. The van der Waals surface area contributed by atoms with Crippen LogP contribution < -0.4 is 0 Å². The Morgan fingerprint density at radius 2 is 2.00 bits per heavy atom. The molecule has 0 unspecified atom stereocenters. The van der Waals surface area contributed by atoms with E-state index in [0.717, 1.165) is 22.2 Å². The Balaban J connectivity index is 2.22. The average molecular weight is 242 g/mol. The maximum atomic E-state index is 6.06. The molecule has 82 valence electrons. The standard InChI is InChI=1S/C13H8ClN3/c14-11-7-15-8-17-13(11)10-4-3-9-2-1-5-16-12(9)6-10/h1-8H. The number of rotatable bonds is 1. The van der Waals surface area contributed by atoms with Gasteiger partial charge in [-0.1, -0.05) is 29.8 Å². The lowest BCUT2D eigenvalue weighted by molar-refractivity contribution is 1.17. The predicted octanol–water partition coefficient (Wildman–Crippen LogP) is 3.35. The minimum Gasteiger partial charge on any atom is -0.256 e. The van der Waals surface area contributed by atoms with Gasteiger partial charge in [0.05, 0.1) is 16.2 Å². The van der Waals surface area contributed by atoms with Crippen LogP contribution in [-0.4, -0.2) is 15.0 Å². The smallest absolute Gasteiger partial charge is 0.116 e. The molecule has 0 amide bonds. The van der Waals surface area contributed by atoms with Crippen molar-refractivity contribution >= 4 is 22.5 Å². The molecule has 0 fully saturated rings. The van der Waals surface area contributed by atoms with E-state index in [0.29, 0.717) is 5.02 Å². The Hall–Kier alpha value is -2.00. The molecule has 0 radical (unpaired) electrons. The number of fused-ring (bicyclic) bond motifs is 1. The third-order valence-electron chi connectivity index (χ3n) is 2.55. The SMILES string of the molecule is Clc1cncnc1-c1ccc2cccnc2c1. The van der Waals surface area contributed by atoms with E-state index in [-0.39, 0.29) is 0 Å². The van der Waals surface area contributed by atoms with Crippen LogP contribution >= 0.6 is 11.6 Å². The summed E-state index contributed by atoms with van der Waals surface area (Å²) in [6.45, 7) is 0. The van der Waals surface area contributed by atoms with Crippen LogP contribution in [0.2, 0.25) is 5.02 Å². The second kappa shape index (κ2) is 4.11. The van der Waals surface area contributed by atoms with E-state index in [1.54, 1.807) is 12.4 Å². The molecule has 3 aromatic rings. The molecule has 2 heterocycles. The Labute approximate surface area is 103 Å². The molecule has 3 rings (SSSR count). The molecule has 2 aromatic heterocycles. The lowest BCUT2D eigenvalue weighted by Crippen LogP contribution is -1.87. The summed E-state index contributed by atoms with van der Waals surface area (Å²) in [5.74, 6) is 0. The van der Waals surface area contributed by atoms with Gasteiger partial charge in [0.25, 0.3) is 0 Å². The van der Waals surface area contributed by atoms with Crippen molar-refractivity contribution in [2.45, 2.75) is 0 Å². The van der Waals surface area contributed by atoms with Crippen LogP contribution in [0.5, 0.6) is 0 Å². The van der Waals surface area contributed by atoms with Crippen LogP contribution in [0.15, 0.2) is 49.1 Å². The highest BCUT2D eigenvalue weighted by atomic mass is 35.5. The first kappa shape index (κ1) is 10.2. The molecule has 4 heteroatoms.